The van der Waals surface area contributed by atoms with Crippen LogP contribution in [0, 0.1) is 18.3 Å². The van der Waals surface area contributed by atoms with Crippen LogP contribution in [-0.2, 0) is 22.4 Å². The molecule has 0 radical (unpaired) electrons. The Hall–Kier alpha value is -3.81. The summed E-state index contributed by atoms with van der Waals surface area (Å²) >= 11 is 4.69. The summed E-state index contributed by atoms with van der Waals surface area (Å²) in [6, 6.07) is 14.1. The Bertz CT molecular complexity index is 1420. The molecule has 0 unspecified atom stereocenters. The lowest BCUT2D eigenvalue weighted by molar-refractivity contribution is -0.136. The summed E-state index contributed by atoms with van der Waals surface area (Å²) in [5, 5.41) is 16.3. The van der Waals surface area contributed by atoms with Crippen molar-refractivity contribution < 1.29 is 19.1 Å². The molecule has 2 N–H and O–H groups in total. The average Bonchev–Trinajstić information content (AvgIpc) is 3.22. The van der Waals surface area contributed by atoms with Crippen molar-refractivity contribution in [2.75, 3.05) is 5.32 Å². The standard InChI is InChI=1S/C26H21BrN4O4S/c1-15-5-4-6-16(11-15)26(34)35-21-10-9-18(27)12-17(21)14-29-31-24(33)23(32)30-25-20(13-28)19-7-2-3-8-22(19)36-25/h4-6,9-12,14H,2-3,7-8H2,1H3,(H,30,32)(H,31,33)/b29-14-. The quantitative estimate of drug-likeness (QED) is 0.150. The summed E-state index contributed by atoms with van der Waals surface area (Å²) in [6.45, 7) is 1.88. The molecule has 0 atom stereocenters. The van der Waals surface area contributed by atoms with Crippen LogP contribution in [0.25, 0.3) is 0 Å². The third kappa shape index (κ3) is 5.87. The van der Waals surface area contributed by atoms with Crippen LogP contribution in [-0.4, -0.2) is 24.0 Å². The number of nitrogens with zero attached hydrogens (tertiary/aromatic N) is 2. The maximum atomic E-state index is 12.6. The molecule has 0 fully saturated rings. The average molecular weight is 565 g/mol. The third-order valence-corrected chi connectivity index (χ3v) is 7.21. The van der Waals surface area contributed by atoms with Crippen molar-refractivity contribution in [3.63, 3.8) is 0 Å². The van der Waals surface area contributed by atoms with Gasteiger partial charge in [0.05, 0.1) is 17.3 Å². The molecular formula is C26H21BrN4O4S. The molecule has 0 saturated carbocycles. The van der Waals surface area contributed by atoms with Crippen LogP contribution in [0.3, 0.4) is 0 Å². The summed E-state index contributed by atoms with van der Waals surface area (Å²) in [5.74, 6) is -2.22. The number of anilines is 1. The molecule has 0 saturated heterocycles. The van der Waals surface area contributed by atoms with Gasteiger partial charge in [0, 0.05) is 14.9 Å². The monoisotopic (exact) mass is 564 g/mol. The number of esters is 1. The minimum Gasteiger partial charge on any atom is -0.422 e. The number of ether oxygens (including phenoxy) is 1. The first-order valence-electron chi connectivity index (χ1n) is 11.1. The van der Waals surface area contributed by atoms with E-state index < -0.39 is 17.8 Å². The number of hydrogen-bond donors (Lipinski definition) is 2. The molecule has 1 aliphatic carbocycles. The van der Waals surface area contributed by atoms with Crippen LogP contribution in [0.15, 0.2) is 52.0 Å². The van der Waals surface area contributed by atoms with E-state index in [0.29, 0.717) is 26.2 Å². The molecular weight excluding hydrogens is 544 g/mol. The van der Waals surface area contributed by atoms with Gasteiger partial charge >= 0.3 is 17.8 Å². The molecule has 3 aromatic rings. The lowest BCUT2D eigenvalue weighted by Crippen LogP contribution is -2.32. The predicted molar refractivity (Wildman–Crippen MR) is 140 cm³/mol. The Kier molecular flexibility index (Phi) is 7.93. The first-order valence-corrected chi connectivity index (χ1v) is 12.7. The number of fused-ring (bicyclic) bond motifs is 1. The fourth-order valence-corrected chi connectivity index (χ4v) is 5.40. The van der Waals surface area contributed by atoms with Crippen molar-refractivity contribution in [3.05, 3.63) is 79.6 Å². The SMILES string of the molecule is Cc1cccc(C(=O)Oc2ccc(Br)cc2/C=N\NC(=O)C(=O)Nc2sc3c(c2C#N)CCCC3)c1. The van der Waals surface area contributed by atoms with Crippen LogP contribution in [0.1, 0.15) is 50.3 Å². The molecule has 1 aromatic heterocycles. The van der Waals surface area contributed by atoms with E-state index in [9.17, 15) is 19.6 Å². The maximum Gasteiger partial charge on any atom is 0.343 e. The van der Waals surface area contributed by atoms with Gasteiger partial charge in [-0.25, -0.2) is 10.2 Å². The Morgan fingerprint density at radius 1 is 1.14 bits per heavy atom. The minimum atomic E-state index is -0.991. The Balaban J connectivity index is 1.42. The zero-order valence-electron chi connectivity index (χ0n) is 19.3. The molecule has 1 aliphatic rings. The van der Waals surface area contributed by atoms with E-state index in [2.05, 4.69) is 37.8 Å². The number of amides is 2. The molecule has 0 aliphatic heterocycles. The Morgan fingerprint density at radius 3 is 2.72 bits per heavy atom. The normalized spacial score (nSPS) is 12.5. The zero-order chi connectivity index (χ0) is 25.7. The second kappa shape index (κ2) is 11.3. The third-order valence-electron chi connectivity index (χ3n) is 5.51. The first kappa shape index (κ1) is 25.3. The molecule has 2 aromatic carbocycles. The van der Waals surface area contributed by atoms with Crippen molar-refractivity contribution >= 4 is 56.3 Å². The van der Waals surface area contributed by atoms with Gasteiger partial charge in [-0.05, 0) is 68.5 Å². The van der Waals surface area contributed by atoms with Gasteiger partial charge in [-0.2, -0.15) is 10.4 Å². The second-order valence-electron chi connectivity index (χ2n) is 8.12. The van der Waals surface area contributed by atoms with Gasteiger partial charge in [0.2, 0.25) is 0 Å². The fourth-order valence-electron chi connectivity index (χ4n) is 3.79. The fraction of sp³-hybridized carbons (Fsp3) is 0.192. The number of hydrogen-bond acceptors (Lipinski definition) is 7. The highest BCUT2D eigenvalue weighted by Crippen LogP contribution is 2.37. The minimum absolute atomic E-state index is 0.231. The maximum absolute atomic E-state index is 12.6. The van der Waals surface area contributed by atoms with Gasteiger partial charge in [-0.15, -0.1) is 11.3 Å². The Labute approximate surface area is 220 Å². The summed E-state index contributed by atoms with van der Waals surface area (Å²) in [7, 11) is 0. The summed E-state index contributed by atoms with van der Waals surface area (Å²) in [4.78, 5) is 38.4. The van der Waals surface area contributed by atoms with Gasteiger partial charge in [0.15, 0.2) is 0 Å². The van der Waals surface area contributed by atoms with Gasteiger partial charge in [-0.1, -0.05) is 33.6 Å². The van der Waals surface area contributed by atoms with E-state index >= 15 is 0 Å². The molecule has 0 bridgehead atoms. The molecule has 1 heterocycles. The highest BCUT2D eigenvalue weighted by Gasteiger charge is 2.23. The molecule has 8 nitrogen and oxygen atoms in total. The number of halogens is 1. The molecule has 36 heavy (non-hydrogen) atoms. The van der Waals surface area contributed by atoms with Crippen molar-refractivity contribution in [3.8, 4) is 11.8 Å². The zero-order valence-corrected chi connectivity index (χ0v) is 21.7. The van der Waals surface area contributed by atoms with Gasteiger partial charge in [-0.3, -0.25) is 9.59 Å². The molecule has 2 amide bonds. The number of aryl methyl sites for hydroxylation is 2. The highest BCUT2D eigenvalue weighted by atomic mass is 79.9. The van der Waals surface area contributed by atoms with Crippen LogP contribution in [0.5, 0.6) is 5.75 Å². The van der Waals surface area contributed by atoms with E-state index in [4.69, 9.17) is 4.74 Å². The van der Waals surface area contributed by atoms with Crippen LogP contribution >= 0.6 is 27.3 Å². The lowest BCUT2D eigenvalue weighted by Gasteiger charge is -2.09. The van der Waals surface area contributed by atoms with Crippen molar-refractivity contribution in [2.45, 2.75) is 32.6 Å². The smallest absolute Gasteiger partial charge is 0.343 e. The first-order chi connectivity index (χ1) is 17.4. The highest BCUT2D eigenvalue weighted by molar-refractivity contribution is 9.10. The van der Waals surface area contributed by atoms with Gasteiger partial charge < -0.3 is 10.1 Å². The van der Waals surface area contributed by atoms with Crippen LogP contribution in [0.2, 0.25) is 0 Å². The molecule has 0 spiro atoms. The van der Waals surface area contributed by atoms with E-state index in [0.717, 1.165) is 41.7 Å². The number of nitriles is 1. The predicted octanol–water partition coefficient (Wildman–Crippen LogP) is 4.88. The number of carbonyl (C=O) groups is 3. The number of rotatable bonds is 5. The summed E-state index contributed by atoms with van der Waals surface area (Å²) in [5.41, 5.74) is 5.29. The number of nitrogens with one attached hydrogen (secondary N) is 2. The number of hydrazone groups is 1. The van der Waals surface area contributed by atoms with Crippen LogP contribution < -0.4 is 15.5 Å². The molecule has 4 rings (SSSR count). The lowest BCUT2D eigenvalue weighted by atomic mass is 9.96. The van der Waals surface area contributed by atoms with Crippen molar-refractivity contribution in [2.24, 2.45) is 5.10 Å². The summed E-state index contributed by atoms with van der Waals surface area (Å²) in [6.07, 6.45) is 4.98. The van der Waals surface area contributed by atoms with Gasteiger partial charge in [0.25, 0.3) is 0 Å². The summed E-state index contributed by atoms with van der Waals surface area (Å²) < 4.78 is 6.22. The van der Waals surface area contributed by atoms with E-state index in [-0.39, 0.29) is 5.75 Å². The number of carbonyl (C=O) groups excluding carboxylic acids is 3. The Morgan fingerprint density at radius 2 is 1.94 bits per heavy atom. The number of thiophene rings is 1. The van der Waals surface area contributed by atoms with E-state index in [1.165, 1.54) is 17.6 Å². The molecule has 182 valence electrons. The van der Waals surface area contributed by atoms with E-state index in [1.807, 2.05) is 13.0 Å². The van der Waals surface area contributed by atoms with Gasteiger partial charge in [0.1, 0.15) is 16.8 Å². The largest absolute Gasteiger partial charge is 0.422 e. The van der Waals surface area contributed by atoms with Crippen LogP contribution in [0.4, 0.5) is 5.00 Å². The van der Waals surface area contributed by atoms with Crippen molar-refractivity contribution in [1.29, 1.82) is 5.26 Å². The topological polar surface area (TPSA) is 121 Å². The number of benzene rings is 2. The molecule has 10 heteroatoms. The second-order valence-corrected chi connectivity index (χ2v) is 10.1. The van der Waals surface area contributed by atoms with E-state index in [1.54, 1.807) is 36.4 Å². The van der Waals surface area contributed by atoms with Crippen molar-refractivity contribution in [1.82, 2.24) is 5.43 Å².